The third-order valence-electron chi connectivity index (χ3n) is 3.29. The number of nitrogens with zero attached hydrogens (tertiary/aromatic N) is 2. The molecule has 0 spiro atoms. The standard InChI is InChI=1S/C11H25N3O2S/c1-4-5-7-13(3)17(15,16)14-8-6-11(10-14)9-12-2/h11-12H,4-10H2,1-3H3. The molecule has 1 fully saturated rings. The first-order chi connectivity index (χ1) is 8.02. The van der Waals surface area contributed by atoms with Crippen molar-refractivity contribution in [1.29, 1.82) is 0 Å². The quantitative estimate of drug-likeness (QED) is 0.728. The Morgan fingerprint density at radius 2 is 2.18 bits per heavy atom. The molecule has 1 aliphatic heterocycles. The van der Waals surface area contributed by atoms with Crippen molar-refractivity contribution >= 4 is 10.2 Å². The van der Waals surface area contributed by atoms with E-state index < -0.39 is 10.2 Å². The van der Waals surface area contributed by atoms with Gasteiger partial charge in [-0.05, 0) is 32.4 Å². The van der Waals surface area contributed by atoms with E-state index in [-0.39, 0.29) is 0 Å². The van der Waals surface area contributed by atoms with Gasteiger partial charge in [0, 0.05) is 26.7 Å². The second kappa shape index (κ2) is 6.68. The smallest absolute Gasteiger partial charge is 0.281 e. The Hall–Kier alpha value is -0.170. The normalized spacial score (nSPS) is 22.5. The average molecular weight is 263 g/mol. The lowest BCUT2D eigenvalue weighted by atomic mass is 10.1. The number of rotatable bonds is 7. The molecule has 1 saturated heterocycles. The molecule has 0 aromatic heterocycles. The van der Waals surface area contributed by atoms with Crippen molar-refractivity contribution < 1.29 is 8.42 Å². The summed E-state index contributed by atoms with van der Waals surface area (Å²) in [6.45, 7) is 4.89. The summed E-state index contributed by atoms with van der Waals surface area (Å²) in [7, 11) is 0.361. The Bertz CT molecular complexity index is 319. The number of hydrogen-bond acceptors (Lipinski definition) is 3. The predicted molar refractivity (Wildman–Crippen MR) is 70.1 cm³/mol. The van der Waals surface area contributed by atoms with Gasteiger partial charge in [-0.25, -0.2) is 0 Å². The van der Waals surface area contributed by atoms with Gasteiger partial charge in [0.05, 0.1) is 0 Å². The Kier molecular flexibility index (Phi) is 5.85. The Morgan fingerprint density at radius 3 is 2.76 bits per heavy atom. The zero-order valence-corrected chi connectivity index (χ0v) is 12.0. The van der Waals surface area contributed by atoms with Crippen LogP contribution in [-0.4, -0.2) is 57.3 Å². The lowest BCUT2D eigenvalue weighted by molar-refractivity contribution is 0.382. The molecule has 6 heteroatoms. The summed E-state index contributed by atoms with van der Waals surface area (Å²) in [4.78, 5) is 0. The van der Waals surface area contributed by atoms with Crippen LogP contribution in [0.2, 0.25) is 0 Å². The molecule has 1 heterocycles. The first-order valence-electron chi connectivity index (χ1n) is 6.38. The van der Waals surface area contributed by atoms with E-state index in [0.717, 1.165) is 25.8 Å². The van der Waals surface area contributed by atoms with Crippen LogP contribution >= 0.6 is 0 Å². The highest BCUT2D eigenvalue weighted by molar-refractivity contribution is 7.86. The molecule has 0 radical (unpaired) electrons. The van der Waals surface area contributed by atoms with Gasteiger partial charge in [-0.1, -0.05) is 13.3 Å². The van der Waals surface area contributed by atoms with Crippen molar-refractivity contribution in [2.75, 3.05) is 40.3 Å². The second-order valence-electron chi connectivity index (χ2n) is 4.75. The van der Waals surface area contributed by atoms with Crippen molar-refractivity contribution in [2.24, 2.45) is 5.92 Å². The van der Waals surface area contributed by atoms with Crippen LogP contribution in [0.4, 0.5) is 0 Å². The molecule has 0 aromatic rings. The Labute approximate surface area is 105 Å². The van der Waals surface area contributed by atoms with Gasteiger partial charge < -0.3 is 5.32 Å². The summed E-state index contributed by atoms with van der Waals surface area (Å²) in [6.07, 6.45) is 2.90. The van der Waals surface area contributed by atoms with E-state index in [1.165, 1.54) is 4.31 Å². The van der Waals surface area contributed by atoms with E-state index in [1.54, 1.807) is 11.4 Å². The molecule has 102 valence electrons. The molecule has 0 aliphatic carbocycles. The van der Waals surface area contributed by atoms with Crippen LogP contribution in [0.15, 0.2) is 0 Å². The highest BCUT2D eigenvalue weighted by Crippen LogP contribution is 2.20. The van der Waals surface area contributed by atoms with E-state index in [2.05, 4.69) is 12.2 Å². The van der Waals surface area contributed by atoms with Crippen LogP contribution in [0.5, 0.6) is 0 Å². The summed E-state index contributed by atoms with van der Waals surface area (Å²) in [5.74, 6) is 0.453. The van der Waals surface area contributed by atoms with Gasteiger partial charge in [-0.3, -0.25) is 0 Å². The lowest BCUT2D eigenvalue weighted by Gasteiger charge is -2.24. The third-order valence-corrected chi connectivity index (χ3v) is 5.24. The minimum Gasteiger partial charge on any atom is -0.319 e. The van der Waals surface area contributed by atoms with E-state index >= 15 is 0 Å². The average Bonchev–Trinajstić information content (AvgIpc) is 2.75. The fourth-order valence-electron chi connectivity index (χ4n) is 2.16. The van der Waals surface area contributed by atoms with Gasteiger partial charge in [0.25, 0.3) is 10.2 Å². The molecule has 0 amide bonds. The molecule has 1 rings (SSSR count). The predicted octanol–water partition coefficient (Wildman–Crippen LogP) is 0.504. The summed E-state index contributed by atoms with van der Waals surface area (Å²) in [5, 5.41) is 3.11. The van der Waals surface area contributed by atoms with Crippen LogP contribution in [0, 0.1) is 5.92 Å². The number of nitrogens with one attached hydrogen (secondary N) is 1. The topological polar surface area (TPSA) is 52.7 Å². The van der Waals surface area contributed by atoms with E-state index in [0.29, 0.717) is 25.6 Å². The van der Waals surface area contributed by atoms with Crippen molar-refractivity contribution in [3.63, 3.8) is 0 Å². The molecule has 1 N–H and O–H groups in total. The maximum absolute atomic E-state index is 12.2. The van der Waals surface area contributed by atoms with E-state index in [4.69, 9.17) is 0 Å². The zero-order valence-electron chi connectivity index (χ0n) is 11.1. The Morgan fingerprint density at radius 1 is 1.47 bits per heavy atom. The monoisotopic (exact) mass is 263 g/mol. The van der Waals surface area contributed by atoms with Crippen molar-refractivity contribution in [1.82, 2.24) is 13.9 Å². The highest BCUT2D eigenvalue weighted by Gasteiger charge is 2.33. The molecule has 1 aliphatic rings. The van der Waals surface area contributed by atoms with Gasteiger partial charge in [0.1, 0.15) is 0 Å². The minimum atomic E-state index is -3.22. The van der Waals surface area contributed by atoms with Gasteiger partial charge in [0.2, 0.25) is 0 Å². The van der Waals surface area contributed by atoms with E-state index in [9.17, 15) is 8.42 Å². The molecule has 17 heavy (non-hydrogen) atoms. The van der Waals surface area contributed by atoms with Gasteiger partial charge in [0.15, 0.2) is 0 Å². The molecule has 0 bridgehead atoms. The zero-order chi connectivity index (χ0) is 12.9. The molecule has 0 aromatic carbocycles. The minimum absolute atomic E-state index is 0.453. The molecular formula is C11H25N3O2S. The van der Waals surface area contributed by atoms with E-state index in [1.807, 2.05) is 7.05 Å². The van der Waals surface area contributed by atoms with Crippen LogP contribution < -0.4 is 5.32 Å². The molecule has 5 nitrogen and oxygen atoms in total. The fourth-order valence-corrected chi connectivity index (χ4v) is 3.64. The second-order valence-corrected chi connectivity index (χ2v) is 6.79. The van der Waals surface area contributed by atoms with Crippen LogP contribution in [-0.2, 0) is 10.2 Å². The lowest BCUT2D eigenvalue weighted by Crippen LogP contribution is -2.41. The fraction of sp³-hybridized carbons (Fsp3) is 1.00. The molecular weight excluding hydrogens is 238 g/mol. The molecule has 1 unspecified atom stereocenters. The van der Waals surface area contributed by atoms with Crippen molar-refractivity contribution in [3.8, 4) is 0 Å². The van der Waals surface area contributed by atoms with Crippen molar-refractivity contribution in [3.05, 3.63) is 0 Å². The first-order valence-corrected chi connectivity index (χ1v) is 7.78. The van der Waals surface area contributed by atoms with Gasteiger partial charge >= 0.3 is 0 Å². The first kappa shape index (κ1) is 14.9. The Balaban J connectivity index is 2.53. The number of hydrogen-bond donors (Lipinski definition) is 1. The van der Waals surface area contributed by atoms with Crippen LogP contribution in [0.3, 0.4) is 0 Å². The van der Waals surface area contributed by atoms with Gasteiger partial charge in [-0.15, -0.1) is 0 Å². The molecule has 1 atom stereocenters. The maximum Gasteiger partial charge on any atom is 0.281 e. The SMILES string of the molecule is CCCCN(C)S(=O)(=O)N1CCC(CNC)C1. The molecule has 0 saturated carbocycles. The van der Waals surface area contributed by atoms with Crippen molar-refractivity contribution in [2.45, 2.75) is 26.2 Å². The summed E-state index contributed by atoms with van der Waals surface area (Å²) in [5.41, 5.74) is 0. The van der Waals surface area contributed by atoms with Crippen LogP contribution in [0.1, 0.15) is 26.2 Å². The third kappa shape index (κ3) is 3.91. The number of unbranched alkanes of at least 4 members (excludes halogenated alkanes) is 1. The summed E-state index contributed by atoms with van der Waals surface area (Å²) < 4.78 is 27.5. The van der Waals surface area contributed by atoms with Gasteiger partial charge in [-0.2, -0.15) is 17.0 Å². The summed E-state index contributed by atoms with van der Waals surface area (Å²) in [6, 6.07) is 0. The maximum atomic E-state index is 12.2. The van der Waals surface area contributed by atoms with Crippen LogP contribution in [0.25, 0.3) is 0 Å². The summed E-state index contributed by atoms with van der Waals surface area (Å²) >= 11 is 0. The highest BCUT2D eigenvalue weighted by atomic mass is 32.2. The largest absolute Gasteiger partial charge is 0.319 e.